The van der Waals surface area contributed by atoms with E-state index in [9.17, 15) is 28.6 Å². The highest BCUT2D eigenvalue weighted by Crippen LogP contribution is 2.44. The summed E-state index contributed by atoms with van der Waals surface area (Å²) in [6, 6.07) is 7.32. The molecular formula is C29H28ClF3N8O4. The van der Waals surface area contributed by atoms with Gasteiger partial charge in [-0.25, -0.2) is 18.9 Å². The van der Waals surface area contributed by atoms with E-state index >= 15 is 4.39 Å². The number of aliphatic hydroxyl groups excluding tert-OH is 1. The lowest BCUT2D eigenvalue weighted by atomic mass is 9.75. The van der Waals surface area contributed by atoms with E-state index in [-0.39, 0.29) is 23.1 Å². The molecule has 5 rings (SSSR count). The number of carboxylic acid groups (broad SMARTS) is 1. The number of aliphatic hydroxyl groups is 1. The molecule has 4 N–H and O–H groups in total. The van der Waals surface area contributed by atoms with E-state index in [1.165, 1.54) is 24.5 Å². The summed E-state index contributed by atoms with van der Waals surface area (Å²) in [5.41, 5.74) is -1.45. The topological polar surface area (TPSA) is 162 Å². The van der Waals surface area contributed by atoms with Gasteiger partial charge in [0.05, 0.1) is 23.9 Å². The van der Waals surface area contributed by atoms with Crippen molar-refractivity contribution in [1.29, 1.82) is 0 Å². The van der Waals surface area contributed by atoms with E-state index in [1.807, 2.05) is 20.8 Å². The molecule has 2 aromatic carbocycles. The number of nitrogens with one attached hydrogen (secondary N) is 2. The Hall–Kier alpha value is -4.76. The molecular weight excluding hydrogens is 617 g/mol. The molecule has 2 atom stereocenters. The fraction of sp³-hybridized carbons (Fsp3) is 0.310. The molecule has 1 unspecified atom stereocenters. The Kier molecular flexibility index (Phi) is 8.42. The van der Waals surface area contributed by atoms with Gasteiger partial charge >= 0.3 is 12.6 Å². The maximum absolute atomic E-state index is 16.1. The summed E-state index contributed by atoms with van der Waals surface area (Å²) in [6.07, 6.45) is 1.83. The van der Waals surface area contributed by atoms with E-state index in [1.54, 1.807) is 12.1 Å². The summed E-state index contributed by atoms with van der Waals surface area (Å²) in [4.78, 5) is 35.2. The van der Waals surface area contributed by atoms with Crippen molar-refractivity contribution in [3.8, 4) is 22.5 Å². The van der Waals surface area contributed by atoms with Crippen LogP contribution in [0.3, 0.4) is 0 Å². The van der Waals surface area contributed by atoms with Crippen molar-refractivity contribution in [3.63, 3.8) is 0 Å². The molecule has 0 radical (unpaired) electrons. The van der Waals surface area contributed by atoms with Crippen LogP contribution in [0.15, 0.2) is 60.1 Å². The number of hydrogen-bond donors (Lipinski definition) is 4. The van der Waals surface area contributed by atoms with Crippen molar-refractivity contribution in [1.82, 2.24) is 35.2 Å². The van der Waals surface area contributed by atoms with Crippen LogP contribution in [0.4, 0.5) is 18.0 Å². The molecule has 16 heteroatoms. The lowest BCUT2D eigenvalue weighted by molar-refractivity contribution is -0.135. The van der Waals surface area contributed by atoms with Crippen molar-refractivity contribution in [2.45, 2.75) is 45.3 Å². The third-order valence-electron chi connectivity index (χ3n) is 7.23. The zero-order valence-corrected chi connectivity index (χ0v) is 24.9. The van der Waals surface area contributed by atoms with Crippen LogP contribution in [0.2, 0.25) is 5.02 Å². The molecule has 12 nitrogen and oxygen atoms in total. The molecule has 1 saturated heterocycles. The maximum atomic E-state index is 16.1. The second-order valence-corrected chi connectivity index (χ2v) is 12.0. The van der Waals surface area contributed by atoms with E-state index in [0.29, 0.717) is 26.7 Å². The Balaban J connectivity index is 1.64. The van der Waals surface area contributed by atoms with E-state index < -0.39 is 53.9 Å². The van der Waals surface area contributed by atoms with Gasteiger partial charge in [0.15, 0.2) is 5.82 Å². The van der Waals surface area contributed by atoms with Crippen molar-refractivity contribution < 1.29 is 33.0 Å². The molecule has 0 aliphatic carbocycles. The monoisotopic (exact) mass is 644 g/mol. The molecule has 0 saturated carbocycles. The molecule has 0 spiro atoms. The molecule has 2 aromatic heterocycles. The smallest absolute Gasteiger partial charge is 0.434 e. The Morgan fingerprint density at radius 3 is 2.51 bits per heavy atom. The first-order chi connectivity index (χ1) is 21.2. The third-order valence-corrected chi connectivity index (χ3v) is 7.56. The number of guanidine groups is 1. The predicted octanol–water partition coefficient (Wildman–Crippen LogP) is 5.35. The molecule has 1 aliphatic heterocycles. The maximum Gasteiger partial charge on any atom is 0.434 e. The standard InChI is InChI=1S/C29H28ClF3N8O4/c1-28(2,3)13-29(19-6-4-15(9-21(19)31)17-10-36-40(11-17)25(32)33)24(43)41(26(38-29)37-27(44)45)22(12-42)16-5-7-20(30)18(8-16)23-34-14-35-39-23/h4-11,14,22,25,42H,12-13H2,1-3H3,(H,37,38)(H,44,45)(H,34,35,39)/t22-,29?/m1/s1. The van der Waals surface area contributed by atoms with Gasteiger partial charge in [0.2, 0.25) is 5.96 Å². The van der Waals surface area contributed by atoms with Gasteiger partial charge < -0.3 is 15.5 Å². The third kappa shape index (κ3) is 6.13. The number of aromatic nitrogens is 5. The van der Waals surface area contributed by atoms with Gasteiger partial charge in [-0.05, 0) is 41.2 Å². The molecule has 45 heavy (non-hydrogen) atoms. The van der Waals surface area contributed by atoms with Gasteiger partial charge in [0, 0.05) is 22.9 Å². The number of nitrogens with zero attached hydrogens (tertiary/aromatic N) is 6. The minimum Gasteiger partial charge on any atom is -0.463 e. The number of benzene rings is 2. The molecule has 2 amide bonds. The summed E-state index contributed by atoms with van der Waals surface area (Å²) in [6.45, 7) is 1.89. The number of amides is 2. The Bertz CT molecular complexity index is 1770. The second kappa shape index (κ2) is 12.0. The lowest BCUT2D eigenvalue weighted by Crippen LogP contribution is -2.47. The summed E-state index contributed by atoms with van der Waals surface area (Å²) < 4.78 is 42.7. The quantitative estimate of drug-likeness (QED) is 0.199. The van der Waals surface area contributed by atoms with Gasteiger partial charge in [0.25, 0.3) is 5.91 Å². The van der Waals surface area contributed by atoms with Gasteiger partial charge in [0.1, 0.15) is 17.7 Å². The fourth-order valence-corrected chi connectivity index (χ4v) is 5.71. The van der Waals surface area contributed by atoms with E-state index in [0.717, 1.165) is 23.4 Å². The summed E-state index contributed by atoms with van der Waals surface area (Å²) in [5, 5.41) is 33.5. The summed E-state index contributed by atoms with van der Waals surface area (Å²) >= 11 is 6.38. The minimum absolute atomic E-state index is 0.0321. The van der Waals surface area contributed by atoms with Crippen molar-refractivity contribution in [2.24, 2.45) is 10.4 Å². The van der Waals surface area contributed by atoms with E-state index in [2.05, 4.69) is 30.6 Å². The molecule has 4 aromatic rings. The Morgan fingerprint density at radius 1 is 1.18 bits per heavy atom. The number of halogens is 4. The normalized spacial score (nSPS) is 18.6. The van der Waals surface area contributed by atoms with Gasteiger partial charge in [-0.15, -0.1) is 4.99 Å². The van der Waals surface area contributed by atoms with Crippen LogP contribution in [-0.2, 0) is 10.3 Å². The van der Waals surface area contributed by atoms with Gasteiger partial charge in [-0.3, -0.25) is 14.8 Å². The number of aliphatic imine (C=N–C) groups is 1. The Morgan fingerprint density at radius 2 is 1.93 bits per heavy atom. The zero-order chi connectivity index (χ0) is 32.7. The van der Waals surface area contributed by atoms with Crippen LogP contribution in [0.25, 0.3) is 22.5 Å². The number of carbonyl (C=O) groups is 2. The second-order valence-electron chi connectivity index (χ2n) is 11.6. The fourth-order valence-electron chi connectivity index (χ4n) is 5.50. The number of carbonyl (C=O) groups excluding carboxylic acids is 1. The van der Waals surface area contributed by atoms with Crippen molar-refractivity contribution in [3.05, 3.63) is 77.1 Å². The average molecular weight is 645 g/mol. The van der Waals surface area contributed by atoms with Crippen LogP contribution in [0, 0.1) is 11.2 Å². The van der Waals surface area contributed by atoms with Crippen LogP contribution in [0.5, 0.6) is 0 Å². The highest BCUT2D eigenvalue weighted by Gasteiger charge is 2.56. The lowest BCUT2D eigenvalue weighted by Gasteiger charge is -2.35. The first kappa shape index (κ1) is 31.7. The van der Waals surface area contributed by atoms with Gasteiger partial charge in [-0.2, -0.15) is 19.0 Å². The highest BCUT2D eigenvalue weighted by atomic mass is 35.5. The SMILES string of the molecule is CC(C)(C)CC1(c2ccc(-c3cnn(C(F)F)c3)cc2F)NC(=NC(=O)O)N([C@H](CO)c2ccc(Cl)c(-c3ncn[nH]3)c2)C1=O. The number of rotatable bonds is 8. The molecule has 1 aliphatic rings. The predicted molar refractivity (Wildman–Crippen MR) is 157 cm³/mol. The van der Waals surface area contributed by atoms with E-state index in [4.69, 9.17) is 11.6 Å². The number of H-pyrrole nitrogens is 1. The molecule has 0 bridgehead atoms. The molecule has 3 heterocycles. The van der Waals surface area contributed by atoms with Crippen LogP contribution < -0.4 is 5.32 Å². The Labute approximate surface area is 259 Å². The summed E-state index contributed by atoms with van der Waals surface area (Å²) in [7, 11) is 0. The zero-order valence-electron chi connectivity index (χ0n) is 24.2. The number of hydrogen-bond acceptors (Lipinski definition) is 6. The molecule has 236 valence electrons. The largest absolute Gasteiger partial charge is 0.463 e. The first-order valence-corrected chi connectivity index (χ1v) is 13.9. The number of aromatic amines is 1. The summed E-state index contributed by atoms with van der Waals surface area (Å²) in [5.74, 6) is -1.75. The highest BCUT2D eigenvalue weighted by molar-refractivity contribution is 6.33. The van der Waals surface area contributed by atoms with Crippen LogP contribution in [-0.4, -0.2) is 64.6 Å². The minimum atomic E-state index is -2.89. The van der Waals surface area contributed by atoms with Crippen LogP contribution in [0.1, 0.15) is 50.9 Å². The van der Waals surface area contributed by atoms with Crippen LogP contribution >= 0.6 is 11.6 Å². The molecule has 1 fully saturated rings. The first-order valence-electron chi connectivity index (χ1n) is 13.6. The number of alkyl halides is 2. The average Bonchev–Trinajstić information content (AvgIpc) is 3.71. The van der Waals surface area contributed by atoms with Gasteiger partial charge in [-0.1, -0.05) is 50.6 Å². The van der Waals surface area contributed by atoms with Crippen molar-refractivity contribution in [2.75, 3.05) is 6.61 Å². The van der Waals surface area contributed by atoms with Crippen molar-refractivity contribution >= 4 is 29.6 Å².